The first-order valence-electron chi connectivity index (χ1n) is 18.6. The Kier molecular flexibility index (Phi) is 8.72. The molecule has 7 rings (SSSR count). The van der Waals surface area contributed by atoms with Gasteiger partial charge in [0.1, 0.15) is 0 Å². The predicted octanol–water partition coefficient (Wildman–Crippen LogP) is 14.2. The minimum absolute atomic E-state index is 0.273. The van der Waals surface area contributed by atoms with E-state index in [4.69, 9.17) is 0 Å². The summed E-state index contributed by atoms with van der Waals surface area (Å²) in [5.74, 6) is 1.10. The Morgan fingerprint density at radius 1 is 0.560 bits per heavy atom. The minimum Gasteiger partial charge on any atom is -0.103 e. The highest BCUT2D eigenvalue weighted by Crippen LogP contribution is 2.66. The fraction of sp³-hybridized carbons (Fsp3) is 0.280. The van der Waals surface area contributed by atoms with Crippen LogP contribution in [0.15, 0.2) is 116 Å². The van der Waals surface area contributed by atoms with E-state index in [1.54, 1.807) is 0 Å². The first kappa shape index (κ1) is 33.8. The van der Waals surface area contributed by atoms with Gasteiger partial charge < -0.3 is 0 Å². The molecule has 0 bridgehead atoms. The molecule has 0 unspecified atom stereocenters. The molecular formula is C50H52. The zero-order chi connectivity index (χ0) is 35.5. The Balaban J connectivity index is 1.65. The molecule has 5 aromatic carbocycles. The lowest BCUT2D eigenvalue weighted by Crippen LogP contribution is -2.19. The van der Waals surface area contributed by atoms with Gasteiger partial charge in [0.25, 0.3) is 0 Å². The molecule has 0 nitrogen and oxygen atoms in total. The summed E-state index contributed by atoms with van der Waals surface area (Å²) in [6, 6.07) is 34.8. The SMILES string of the molecule is C=CCc1cc(C(C)C)c(C2=C3C(=C(c4cc(-c5ccccc5)c(CC=C)cc4C(C)C)C2(C)C)c2cccc4cccc3c24)c(C(C)C)c1. The van der Waals surface area contributed by atoms with Crippen LogP contribution in [0.3, 0.4) is 0 Å². The lowest BCUT2D eigenvalue weighted by Gasteiger charge is -2.34. The largest absolute Gasteiger partial charge is 0.103 e. The van der Waals surface area contributed by atoms with Crippen LogP contribution in [0.5, 0.6) is 0 Å². The first-order chi connectivity index (χ1) is 24.0. The second-order valence-electron chi connectivity index (χ2n) is 15.9. The Bertz CT molecular complexity index is 2190. The molecule has 0 aliphatic heterocycles. The van der Waals surface area contributed by atoms with Crippen molar-refractivity contribution in [2.75, 3.05) is 0 Å². The summed E-state index contributed by atoms with van der Waals surface area (Å²) in [5.41, 5.74) is 20.7. The molecule has 0 heteroatoms. The summed E-state index contributed by atoms with van der Waals surface area (Å²) in [6.07, 6.45) is 5.82. The standard InChI is InChI=1S/C50H52/c1-11-18-33-26-40(31(5)6)45(41(27-33)32(7)8)49-47-38-25-17-23-35-22-16-24-37(44(35)38)46(47)48(50(49,9)10)43-29-42(34-20-14-13-15-21-34)36(19-12-2)28-39(43)30(3)4/h11-17,20-32H,1-2,18-19H2,3-10H3. The van der Waals surface area contributed by atoms with Crippen LogP contribution in [0.4, 0.5) is 0 Å². The van der Waals surface area contributed by atoms with Gasteiger partial charge in [-0.05, 0) is 131 Å². The summed E-state index contributed by atoms with van der Waals surface area (Å²) in [6.45, 7) is 27.5. The van der Waals surface area contributed by atoms with Crippen molar-refractivity contribution in [3.63, 3.8) is 0 Å². The fourth-order valence-electron chi connectivity index (χ4n) is 9.01. The average molecular weight is 653 g/mol. The van der Waals surface area contributed by atoms with E-state index in [2.05, 4.69) is 166 Å². The second-order valence-corrected chi connectivity index (χ2v) is 15.9. The topological polar surface area (TPSA) is 0 Å². The van der Waals surface area contributed by atoms with Crippen LogP contribution in [-0.2, 0) is 12.8 Å². The third kappa shape index (κ3) is 5.27. The van der Waals surface area contributed by atoms with Crippen LogP contribution in [-0.4, -0.2) is 0 Å². The minimum atomic E-state index is -0.273. The van der Waals surface area contributed by atoms with Gasteiger partial charge in [-0.2, -0.15) is 0 Å². The first-order valence-corrected chi connectivity index (χ1v) is 18.6. The molecule has 252 valence electrons. The molecule has 0 saturated heterocycles. The smallest absolute Gasteiger partial charge is 0.0171 e. The van der Waals surface area contributed by atoms with Gasteiger partial charge in [0, 0.05) is 5.41 Å². The highest BCUT2D eigenvalue weighted by molar-refractivity contribution is 6.37. The van der Waals surface area contributed by atoms with Crippen LogP contribution in [0.1, 0.15) is 123 Å². The maximum Gasteiger partial charge on any atom is 0.0171 e. The van der Waals surface area contributed by atoms with Crippen LogP contribution in [0.2, 0.25) is 0 Å². The van der Waals surface area contributed by atoms with Gasteiger partial charge in [0.05, 0.1) is 0 Å². The van der Waals surface area contributed by atoms with E-state index in [1.807, 2.05) is 6.08 Å². The molecule has 0 fully saturated rings. The van der Waals surface area contributed by atoms with E-state index in [0.717, 1.165) is 12.8 Å². The third-order valence-electron chi connectivity index (χ3n) is 11.2. The zero-order valence-corrected chi connectivity index (χ0v) is 31.4. The van der Waals surface area contributed by atoms with Crippen molar-refractivity contribution in [3.8, 4) is 11.1 Å². The van der Waals surface area contributed by atoms with Crippen molar-refractivity contribution >= 4 is 33.1 Å². The number of fused-ring (bicyclic) bond motifs is 3. The van der Waals surface area contributed by atoms with E-state index in [0.29, 0.717) is 17.8 Å². The van der Waals surface area contributed by atoms with E-state index >= 15 is 0 Å². The summed E-state index contributed by atoms with van der Waals surface area (Å²) >= 11 is 0. The van der Waals surface area contributed by atoms with Crippen molar-refractivity contribution in [1.82, 2.24) is 0 Å². The van der Waals surface area contributed by atoms with Crippen LogP contribution in [0, 0.1) is 5.41 Å². The predicted molar refractivity (Wildman–Crippen MR) is 220 cm³/mol. The van der Waals surface area contributed by atoms with Crippen molar-refractivity contribution in [2.45, 2.75) is 86.0 Å². The molecule has 0 N–H and O–H groups in total. The van der Waals surface area contributed by atoms with Gasteiger partial charge in [0.15, 0.2) is 0 Å². The molecule has 2 aliphatic carbocycles. The van der Waals surface area contributed by atoms with Crippen molar-refractivity contribution in [2.24, 2.45) is 5.41 Å². The molecule has 0 amide bonds. The summed E-state index contributed by atoms with van der Waals surface area (Å²) < 4.78 is 0. The average Bonchev–Trinajstić information content (AvgIpc) is 3.53. The van der Waals surface area contributed by atoms with E-state index in [-0.39, 0.29) is 5.41 Å². The number of hydrogen-bond donors (Lipinski definition) is 0. The summed E-state index contributed by atoms with van der Waals surface area (Å²) in [4.78, 5) is 0. The molecule has 5 aromatic rings. The van der Waals surface area contributed by atoms with Crippen molar-refractivity contribution in [3.05, 3.63) is 166 Å². The molecule has 50 heavy (non-hydrogen) atoms. The third-order valence-corrected chi connectivity index (χ3v) is 11.2. The van der Waals surface area contributed by atoms with E-state index in [1.165, 1.54) is 94.3 Å². The van der Waals surface area contributed by atoms with Gasteiger partial charge >= 0.3 is 0 Å². The molecule has 0 aromatic heterocycles. The Morgan fingerprint density at radius 3 is 1.66 bits per heavy atom. The molecule has 0 heterocycles. The quantitative estimate of drug-likeness (QED) is 0.132. The normalized spacial score (nSPS) is 14.9. The number of allylic oxidation sites excluding steroid dienone is 6. The molecule has 2 aliphatic rings. The number of hydrogen-bond acceptors (Lipinski definition) is 0. The van der Waals surface area contributed by atoms with E-state index in [9.17, 15) is 0 Å². The molecule has 0 saturated carbocycles. The van der Waals surface area contributed by atoms with Crippen LogP contribution in [0.25, 0.3) is 44.2 Å². The van der Waals surface area contributed by atoms with Crippen LogP contribution < -0.4 is 0 Å². The lowest BCUT2D eigenvalue weighted by atomic mass is 9.69. The van der Waals surface area contributed by atoms with Gasteiger partial charge in [-0.3, -0.25) is 0 Å². The summed E-state index contributed by atoms with van der Waals surface area (Å²) in [5, 5.41) is 2.71. The molecule has 0 spiro atoms. The molecule has 0 atom stereocenters. The van der Waals surface area contributed by atoms with Gasteiger partial charge in [-0.25, -0.2) is 0 Å². The van der Waals surface area contributed by atoms with E-state index < -0.39 is 0 Å². The molecular weight excluding hydrogens is 601 g/mol. The summed E-state index contributed by atoms with van der Waals surface area (Å²) in [7, 11) is 0. The molecule has 0 radical (unpaired) electrons. The van der Waals surface area contributed by atoms with Gasteiger partial charge in [-0.1, -0.05) is 152 Å². The number of benzene rings is 5. The Morgan fingerprint density at radius 2 is 1.12 bits per heavy atom. The van der Waals surface area contributed by atoms with Crippen molar-refractivity contribution < 1.29 is 0 Å². The Hall–Kier alpha value is -4.68. The number of rotatable bonds is 10. The Labute approximate surface area is 301 Å². The second kappa shape index (κ2) is 12.9. The maximum atomic E-state index is 4.16. The monoisotopic (exact) mass is 652 g/mol. The highest BCUT2D eigenvalue weighted by Gasteiger charge is 2.47. The maximum absolute atomic E-state index is 4.16. The van der Waals surface area contributed by atoms with Gasteiger partial charge in [-0.15, -0.1) is 13.2 Å². The van der Waals surface area contributed by atoms with Gasteiger partial charge in [0.2, 0.25) is 0 Å². The fourth-order valence-corrected chi connectivity index (χ4v) is 9.01. The van der Waals surface area contributed by atoms with Crippen molar-refractivity contribution in [1.29, 1.82) is 0 Å². The van der Waals surface area contributed by atoms with Crippen LogP contribution >= 0.6 is 0 Å². The zero-order valence-electron chi connectivity index (χ0n) is 31.4. The lowest BCUT2D eigenvalue weighted by molar-refractivity contribution is 0.673. The highest BCUT2D eigenvalue weighted by atomic mass is 14.5.